The molecular formula is C13H17Br2CuN5O. The van der Waals surface area contributed by atoms with Crippen LogP contribution in [-0.4, -0.2) is 37.3 Å². The minimum atomic E-state index is -0.0233. The van der Waals surface area contributed by atoms with E-state index in [0.717, 1.165) is 24.1 Å². The summed E-state index contributed by atoms with van der Waals surface area (Å²) in [6, 6.07) is 3.53. The van der Waals surface area contributed by atoms with Crippen molar-refractivity contribution in [2.75, 3.05) is 26.2 Å². The zero-order chi connectivity index (χ0) is 16.3. The summed E-state index contributed by atoms with van der Waals surface area (Å²) in [6.07, 6.45) is 1.65. The molecule has 0 spiro atoms. The molecule has 1 radical (unpaired) electrons. The number of hydrogen-bond acceptors (Lipinski definition) is 3. The Morgan fingerprint density at radius 3 is 2.32 bits per heavy atom. The van der Waals surface area contributed by atoms with Crippen LogP contribution < -0.4 is 5.11 Å². The van der Waals surface area contributed by atoms with Gasteiger partial charge >= 0.3 is 17.1 Å². The second-order valence-electron chi connectivity index (χ2n) is 3.96. The Kier molecular flexibility index (Phi) is 15.1. The van der Waals surface area contributed by atoms with Crippen LogP contribution in [-0.2, 0) is 17.1 Å². The van der Waals surface area contributed by atoms with Crippen LogP contribution in [0.1, 0.15) is 19.4 Å². The summed E-state index contributed by atoms with van der Waals surface area (Å²) in [6.45, 7) is 7.96. The molecule has 0 unspecified atom stereocenters. The molecule has 6 nitrogen and oxygen atoms in total. The normalized spacial score (nSPS) is 9.86. The third-order valence-corrected chi connectivity index (χ3v) is 3.75. The molecule has 0 aliphatic carbocycles. The van der Waals surface area contributed by atoms with Crippen LogP contribution in [0.15, 0.2) is 26.1 Å². The maximum Gasteiger partial charge on any atom is 2.00 e. The minimum Gasteiger partial charge on any atom is -0.871 e. The molecule has 0 aliphatic rings. The Morgan fingerprint density at radius 1 is 1.27 bits per heavy atom. The summed E-state index contributed by atoms with van der Waals surface area (Å²) in [4.78, 5) is 8.11. The van der Waals surface area contributed by atoms with Crippen LogP contribution in [0.4, 0.5) is 0 Å². The van der Waals surface area contributed by atoms with Crippen molar-refractivity contribution >= 4 is 38.1 Å². The predicted molar refractivity (Wildman–Crippen MR) is 91.6 cm³/mol. The Morgan fingerprint density at radius 2 is 1.82 bits per heavy atom. The summed E-state index contributed by atoms with van der Waals surface area (Å²) in [7, 11) is 0. The number of aliphatic imine (C=N–C) groups is 1. The van der Waals surface area contributed by atoms with E-state index in [1.165, 1.54) is 4.91 Å². The molecule has 0 amide bonds. The molecule has 0 aliphatic heterocycles. The van der Waals surface area contributed by atoms with E-state index in [-0.39, 0.29) is 22.8 Å². The predicted octanol–water partition coefficient (Wildman–Crippen LogP) is 3.91. The second-order valence-corrected chi connectivity index (χ2v) is 5.73. The maximum atomic E-state index is 11.8. The van der Waals surface area contributed by atoms with Gasteiger partial charge in [0.15, 0.2) is 0 Å². The van der Waals surface area contributed by atoms with Crippen molar-refractivity contribution < 1.29 is 22.2 Å². The topological polar surface area (TPSA) is 97.4 Å². The van der Waals surface area contributed by atoms with Gasteiger partial charge in [0, 0.05) is 21.7 Å². The van der Waals surface area contributed by atoms with Crippen molar-refractivity contribution in [1.29, 1.82) is 0 Å². The van der Waals surface area contributed by atoms with Gasteiger partial charge in [-0.3, -0.25) is 9.90 Å². The van der Waals surface area contributed by atoms with Crippen LogP contribution in [0.3, 0.4) is 0 Å². The summed E-state index contributed by atoms with van der Waals surface area (Å²) < 4.78 is 1.43. The third kappa shape index (κ3) is 9.46. The summed E-state index contributed by atoms with van der Waals surface area (Å²) in [5.41, 5.74) is 14.1. The molecule has 0 saturated heterocycles. The average molecular weight is 483 g/mol. The van der Waals surface area contributed by atoms with Gasteiger partial charge in [-0.05, 0) is 30.8 Å². The second kappa shape index (κ2) is 14.1. The Balaban J connectivity index is 0. The first kappa shape index (κ1) is 23.7. The maximum absolute atomic E-state index is 11.8. The zero-order valence-corrected chi connectivity index (χ0v) is 16.4. The van der Waals surface area contributed by atoms with Crippen molar-refractivity contribution in [3.8, 4) is 5.75 Å². The van der Waals surface area contributed by atoms with E-state index in [4.69, 9.17) is 11.1 Å². The third-order valence-electron chi connectivity index (χ3n) is 2.71. The van der Waals surface area contributed by atoms with E-state index in [0.29, 0.717) is 16.6 Å². The molecule has 22 heavy (non-hydrogen) atoms. The Hall–Kier alpha value is -0.561. The first-order chi connectivity index (χ1) is 9.99. The summed E-state index contributed by atoms with van der Waals surface area (Å²) in [5.74, 6) is -0.0233. The van der Waals surface area contributed by atoms with Crippen LogP contribution >= 0.6 is 31.9 Å². The average Bonchev–Trinajstić information content (AvgIpc) is 2.45. The van der Waals surface area contributed by atoms with Crippen molar-refractivity contribution in [2.24, 2.45) is 4.99 Å². The van der Waals surface area contributed by atoms with Gasteiger partial charge in [-0.1, -0.05) is 51.5 Å². The zero-order valence-electron chi connectivity index (χ0n) is 12.3. The molecule has 0 fully saturated rings. The van der Waals surface area contributed by atoms with Gasteiger partial charge in [-0.25, -0.2) is 0 Å². The standard InChI is InChI=1S/C13H18Br2N2O.Cu.N3/c1-3-17(4-2)6-5-16-9-10-7-11(14)8-12(15)13(10)18;;1-3-2/h7-9,18H,3-6H2,1-2H3;;/q;+2;-1/p-1. The number of hydrogen-bond donors (Lipinski definition) is 0. The van der Waals surface area contributed by atoms with Crippen LogP contribution in [0, 0.1) is 0 Å². The van der Waals surface area contributed by atoms with E-state index in [1.54, 1.807) is 18.3 Å². The first-order valence-corrected chi connectivity index (χ1v) is 7.95. The number of benzene rings is 1. The number of halogens is 2. The van der Waals surface area contributed by atoms with E-state index < -0.39 is 0 Å². The fraction of sp³-hybridized carbons (Fsp3) is 0.462. The molecule has 1 aromatic rings. The fourth-order valence-electron chi connectivity index (χ4n) is 1.58. The van der Waals surface area contributed by atoms with Gasteiger partial charge in [0.1, 0.15) is 0 Å². The number of rotatable bonds is 6. The Labute approximate surface area is 158 Å². The Bertz CT molecular complexity index is 503. The molecule has 1 rings (SSSR count). The van der Waals surface area contributed by atoms with Crippen molar-refractivity contribution in [3.63, 3.8) is 0 Å². The molecule has 1 aromatic carbocycles. The van der Waals surface area contributed by atoms with Crippen LogP contribution in [0.2, 0.25) is 0 Å². The molecule has 9 heteroatoms. The van der Waals surface area contributed by atoms with Gasteiger partial charge in [-0.2, -0.15) is 0 Å². The van der Waals surface area contributed by atoms with E-state index in [1.807, 2.05) is 0 Å². The van der Waals surface area contributed by atoms with Gasteiger partial charge in [-0.15, -0.1) is 0 Å². The van der Waals surface area contributed by atoms with Gasteiger partial charge in [0.05, 0.1) is 6.54 Å². The molecule has 0 bridgehead atoms. The molecule has 0 saturated carbocycles. The van der Waals surface area contributed by atoms with Crippen molar-refractivity contribution in [2.45, 2.75) is 13.8 Å². The largest absolute Gasteiger partial charge is 2.00 e. The molecule has 0 heterocycles. The van der Waals surface area contributed by atoms with Gasteiger partial charge in [0.25, 0.3) is 0 Å². The van der Waals surface area contributed by atoms with Crippen molar-refractivity contribution in [3.05, 3.63) is 42.6 Å². The smallest absolute Gasteiger partial charge is 0.871 e. The molecule has 0 atom stereocenters. The number of nitrogens with zero attached hydrogens (tertiary/aromatic N) is 5. The minimum absolute atomic E-state index is 0. The van der Waals surface area contributed by atoms with Crippen molar-refractivity contribution in [1.82, 2.24) is 4.90 Å². The monoisotopic (exact) mass is 480 g/mol. The summed E-state index contributed by atoms with van der Waals surface area (Å²) >= 11 is 6.60. The first-order valence-electron chi connectivity index (χ1n) is 6.36. The van der Waals surface area contributed by atoms with Crippen LogP contribution in [0.5, 0.6) is 5.75 Å². The molecule has 0 N–H and O–H groups in total. The van der Waals surface area contributed by atoms with E-state index >= 15 is 0 Å². The SMILES string of the molecule is CCN(CC)CCN=Cc1cc(Br)cc(Br)c1[O-].[Cu+2].[N-]=[N+]=[N-]. The quantitative estimate of drug-likeness (QED) is 0.202. The number of likely N-dealkylation sites (N-methyl/N-ethyl adjacent to an activating group) is 1. The molecule has 125 valence electrons. The molecular weight excluding hydrogens is 466 g/mol. The van der Waals surface area contributed by atoms with Gasteiger partial charge < -0.3 is 21.1 Å². The summed E-state index contributed by atoms with van der Waals surface area (Å²) in [5, 5.41) is 11.8. The van der Waals surface area contributed by atoms with E-state index in [9.17, 15) is 5.11 Å². The van der Waals surface area contributed by atoms with Crippen LogP contribution in [0.25, 0.3) is 16.0 Å². The molecule has 0 aromatic heterocycles. The van der Waals surface area contributed by atoms with E-state index in [2.05, 4.69) is 55.6 Å². The van der Waals surface area contributed by atoms with Gasteiger partial charge in [0.2, 0.25) is 0 Å². The fourth-order valence-corrected chi connectivity index (χ4v) is 2.84.